The van der Waals surface area contributed by atoms with Crippen LogP contribution in [0, 0.1) is 0 Å². The molecule has 2 aromatic heterocycles. The van der Waals surface area contributed by atoms with Crippen molar-refractivity contribution in [2.24, 2.45) is 0 Å². The quantitative estimate of drug-likeness (QED) is 0.941. The van der Waals surface area contributed by atoms with Crippen molar-refractivity contribution in [1.29, 1.82) is 0 Å². The SMILES string of the molecule is CCCn1cc(NC(=O)c2cnccc2Cl)ccc1=O. The summed E-state index contributed by atoms with van der Waals surface area (Å²) in [5, 5.41) is 3.03. The lowest BCUT2D eigenvalue weighted by Gasteiger charge is -2.09. The molecule has 0 bridgehead atoms. The molecule has 0 aliphatic rings. The summed E-state index contributed by atoms with van der Waals surface area (Å²) in [6.07, 6.45) is 5.38. The van der Waals surface area contributed by atoms with Crippen LogP contribution in [-0.4, -0.2) is 15.5 Å². The topological polar surface area (TPSA) is 64.0 Å². The van der Waals surface area contributed by atoms with E-state index in [0.29, 0.717) is 22.8 Å². The first-order valence-corrected chi connectivity index (χ1v) is 6.61. The van der Waals surface area contributed by atoms with Gasteiger partial charge in [-0.25, -0.2) is 0 Å². The van der Waals surface area contributed by atoms with Crippen molar-refractivity contribution in [2.45, 2.75) is 19.9 Å². The molecule has 0 aliphatic carbocycles. The first kappa shape index (κ1) is 14.3. The summed E-state index contributed by atoms with van der Waals surface area (Å²) in [4.78, 5) is 27.5. The average Bonchev–Trinajstić information content (AvgIpc) is 2.43. The maximum absolute atomic E-state index is 12.1. The van der Waals surface area contributed by atoms with Crippen LogP contribution < -0.4 is 10.9 Å². The minimum Gasteiger partial charge on any atom is -0.321 e. The van der Waals surface area contributed by atoms with Gasteiger partial charge in [-0.1, -0.05) is 18.5 Å². The third kappa shape index (κ3) is 3.24. The van der Waals surface area contributed by atoms with Crippen molar-refractivity contribution in [2.75, 3.05) is 5.32 Å². The predicted octanol–water partition coefficient (Wildman–Crippen LogP) is 2.56. The third-order valence-corrected chi connectivity index (χ3v) is 3.05. The molecule has 2 rings (SSSR count). The zero-order chi connectivity index (χ0) is 14.5. The second kappa shape index (κ2) is 6.34. The number of hydrogen-bond donors (Lipinski definition) is 1. The molecule has 0 saturated heterocycles. The summed E-state index contributed by atoms with van der Waals surface area (Å²) in [6.45, 7) is 2.59. The first-order chi connectivity index (χ1) is 9.61. The van der Waals surface area contributed by atoms with E-state index >= 15 is 0 Å². The largest absolute Gasteiger partial charge is 0.321 e. The highest BCUT2D eigenvalue weighted by atomic mass is 35.5. The van der Waals surface area contributed by atoms with Crippen LogP contribution in [0.3, 0.4) is 0 Å². The van der Waals surface area contributed by atoms with Gasteiger partial charge in [0.05, 0.1) is 16.3 Å². The number of aromatic nitrogens is 2. The van der Waals surface area contributed by atoms with Crippen molar-refractivity contribution in [3.8, 4) is 0 Å². The van der Waals surface area contributed by atoms with Gasteiger partial charge in [0, 0.05) is 31.2 Å². The summed E-state index contributed by atoms with van der Waals surface area (Å²) < 4.78 is 1.56. The monoisotopic (exact) mass is 291 g/mol. The van der Waals surface area contributed by atoms with Crippen LogP contribution in [-0.2, 0) is 6.54 Å². The number of carbonyl (C=O) groups is 1. The van der Waals surface area contributed by atoms with E-state index < -0.39 is 0 Å². The van der Waals surface area contributed by atoms with Gasteiger partial charge in [0.15, 0.2) is 0 Å². The first-order valence-electron chi connectivity index (χ1n) is 6.23. The number of nitrogens with one attached hydrogen (secondary N) is 1. The molecular weight excluding hydrogens is 278 g/mol. The van der Waals surface area contributed by atoms with Crippen LogP contribution in [0.25, 0.3) is 0 Å². The van der Waals surface area contributed by atoms with E-state index in [9.17, 15) is 9.59 Å². The van der Waals surface area contributed by atoms with E-state index in [-0.39, 0.29) is 11.5 Å². The van der Waals surface area contributed by atoms with Gasteiger partial charge in [0.2, 0.25) is 0 Å². The molecule has 0 unspecified atom stereocenters. The Bertz CT molecular complexity index is 682. The zero-order valence-electron chi connectivity index (χ0n) is 11.0. The number of anilines is 1. The maximum atomic E-state index is 12.1. The molecule has 6 heteroatoms. The molecule has 0 spiro atoms. The zero-order valence-corrected chi connectivity index (χ0v) is 11.7. The number of hydrogen-bond acceptors (Lipinski definition) is 3. The molecule has 20 heavy (non-hydrogen) atoms. The van der Waals surface area contributed by atoms with Gasteiger partial charge in [-0.05, 0) is 18.6 Å². The minimum atomic E-state index is -0.357. The number of pyridine rings is 2. The van der Waals surface area contributed by atoms with Gasteiger partial charge in [-0.3, -0.25) is 14.6 Å². The molecular formula is C14H14ClN3O2. The summed E-state index contributed by atoms with van der Waals surface area (Å²) >= 11 is 5.94. The van der Waals surface area contributed by atoms with Crippen LogP contribution in [0.1, 0.15) is 23.7 Å². The van der Waals surface area contributed by atoms with Gasteiger partial charge in [0.25, 0.3) is 11.5 Å². The lowest BCUT2D eigenvalue weighted by atomic mass is 10.2. The van der Waals surface area contributed by atoms with Gasteiger partial charge >= 0.3 is 0 Å². The molecule has 0 atom stereocenters. The normalized spacial score (nSPS) is 10.3. The number of amides is 1. The molecule has 2 heterocycles. The van der Waals surface area contributed by atoms with Crippen LogP contribution in [0.2, 0.25) is 5.02 Å². The number of aryl methyl sites for hydroxylation is 1. The van der Waals surface area contributed by atoms with E-state index in [0.717, 1.165) is 6.42 Å². The molecule has 0 aromatic carbocycles. The van der Waals surface area contributed by atoms with Crippen molar-refractivity contribution in [1.82, 2.24) is 9.55 Å². The molecule has 1 N–H and O–H groups in total. The van der Waals surface area contributed by atoms with E-state index in [1.165, 1.54) is 18.5 Å². The molecule has 1 amide bonds. The Hall–Kier alpha value is -2.14. The summed E-state index contributed by atoms with van der Waals surface area (Å²) in [7, 11) is 0. The van der Waals surface area contributed by atoms with Gasteiger partial charge < -0.3 is 9.88 Å². The van der Waals surface area contributed by atoms with Crippen LogP contribution in [0.5, 0.6) is 0 Å². The van der Waals surface area contributed by atoms with E-state index in [2.05, 4.69) is 10.3 Å². The lowest BCUT2D eigenvalue weighted by Crippen LogP contribution is -2.20. The second-order valence-corrected chi connectivity index (χ2v) is 4.67. The van der Waals surface area contributed by atoms with Crippen LogP contribution in [0.15, 0.2) is 41.6 Å². The Balaban J connectivity index is 2.22. The van der Waals surface area contributed by atoms with Crippen LogP contribution in [0.4, 0.5) is 5.69 Å². The van der Waals surface area contributed by atoms with Crippen molar-refractivity contribution >= 4 is 23.2 Å². The Morgan fingerprint density at radius 1 is 1.40 bits per heavy atom. The Labute approximate surface area is 121 Å². The summed E-state index contributed by atoms with van der Waals surface area (Å²) in [5.74, 6) is -0.357. The lowest BCUT2D eigenvalue weighted by molar-refractivity contribution is 0.102. The average molecular weight is 292 g/mol. The van der Waals surface area contributed by atoms with Crippen molar-refractivity contribution in [3.05, 3.63) is 57.7 Å². The molecule has 5 nitrogen and oxygen atoms in total. The molecule has 2 aromatic rings. The van der Waals surface area contributed by atoms with Gasteiger partial charge in [-0.2, -0.15) is 0 Å². The van der Waals surface area contributed by atoms with Crippen molar-refractivity contribution < 1.29 is 4.79 Å². The fourth-order valence-corrected chi connectivity index (χ4v) is 1.95. The number of halogens is 1. The van der Waals surface area contributed by atoms with E-state index in [4.69, 9.17) is 11.6 Å². The molecule has 0 saturated carbocycles. The molecule has 0 aliphatic heterocycles. The molecule has 104 valence electrons. The number of nitrogens with zero attached hydrogens (tertiary/aromatic N) is 2. The third-order valence-electron chi connectivity index (χ3n) is 2.72. The number of carbonyl (C=O) groups excluding carboxylic acids is 1. The molecule has 0 radical (unpaired) electrons. The summed E-state index contributed by atoms with van der Waals surface area (Å²) in [6, 6.07) is 4.54. The standard InChI is InChI=1S/C14H14ClN3O2/c1-2-7-18-9-10(3-4-13(18)19)17-14(20)11-8-16-6-5-12(11)15/h3-6,8-9H,2,7H2,1H3,(H,17,20). The fraction of sp³-hybridized carbons (Fsp3) is 0.214. The van der Waals surface area contributed by atoms with E-state index in [1.54, 1.807) is 22.9 Å². The Kier molecular flexibility index (Phi) is 4.53. The Morgan fingerprint density at radius 3 is 2.90 bits per heavy atom. The second-order valence-electron chi connectivity index (χ2n) is 4.26. The highest BCUT2D eigenvalue weighted by Gasteiger charge is 2.10. The summed E-state index contributed by atoms with van der Waals surface area (Å²) in [5.41, 5.74) is 0.745. The maximum Gasteiger partial charge on any atom is 0.258 e. The number of rotatable bonds is 4. The van der Waals surface area contributed by atoms with Crippen LogP contribution >= 0.6 is 11.6 Å². The smallest absolute Gasteiger partial charge is 0.258 e. The van der Waals surface area contributed by atoms with Gasteiger partial charge in [-0.15, -0.1) is 0 Å². The van der Waals surface area contributed by atoms with Crippen molar-refractivity contribution in [3.63, 3.8) is 0 Å². The highest BCUT2D eigenvalue weighted by molar-refractivity contribution is 6.34. The van der Waals surface area contributed by atoms with E-state index in [1.807, 2.05) is 6.92 Å². The minimum absolute atomic E-state index is 0.0933. The molecule has 0 fully saturated rings. The highest BCUT2D eigenvalue weighted by Crippen LogP contribution is 2.15. The predicted molar refractivity (Wildman–Crippen MR) is 78.2 cm³/mol. The fourth-order valence-electron chi connectivity index (χ4n) is 1.76. The Morgan fingerprint density at radius 2 is 2.20 bits per heavy atom. The van der Waals surface area contributed by atoms with Gasteiger partial charge in [0.1, 0.15) is 0 Å².